The highest BCUT2D eigenvalue weighted by molar-refractivity contribution is 5.50. The van der Waals surface area contributed by atoms with Crippen molar-refractivity contribution in [3.05, 3.63) is 34.5 Å². The molecule has 7 heteroatoms. The highest BCUT2D eigenvalue weighted by Gasteiger charge is 2.15. The molecule has 100 valence electrons. The van der Waals surface area contributed by atoms with Crippen LogP contribution in [-0.2, 0) is 6.54 Å². The molecule has 2 aromatic heterocycles. The van der Waals surface area contributed by atoms with Crippen LogP contribution in [0.25, 0.3) is 11.5 Å². The SMILES string of the molecule is O=c1cc[nH]cc1-c1nc(CN2CCNCC2)no1. The summed E-state index contributed by atoms with van der Waals surface area (Å²) in [5, 5.41) is 7.21. The maximum absolute atomic E-state index is 11.7. The lowest BCUT2D eigenvalue weighted by Crippen LogP contribution is -2.43. The second-order valence-corrected chi connectivity index (χ2v) is 4.46. The van der Waals surface area contributed by atoms with Gasteiger partial charge in [-0.3, -0.25) is 9.69 Å². The third kappa shape index (κ3) is 2.72. The Balaban J connectivity index is 1.76. The summed E-state index contributed by atoms with van der Waals surface area (Å²) in [6.07, 6.45) is 3.15. The van der Waals surface area contributed by atoms with Crippen molar-refractivity contribution in [3.8, 4) is 11.5 Å². The first-order chi connectivity index (χ1) is 9.33. The van der Waals surface area contributed by atoms with Gasteiger partial charge in [0.1, 0.15) is 5.56 Å². The zero-order valence-corrected chi connectivity index (χ0v) is 10.4. The Morgan fingerprint density at radius 3 is 3.00 bits per heavy atom. The van der Waals surface area contributed by atoms with Crippen molar-refractivity contribution in [3.63, 3.8) is 0 Å². The van der Waals surface area contributed by atoms with Gasteiger partial charge in [-0.25, -0.2) is 0 Å². The van der Waals surface area contributed by atoms with E-state index in [-0.39, 0.29) is 11.3 Å². The van der Waals surface area contributed by atoms with Gasteiger partial charge in [0.2, 0.25) is 0 Å². The van der Waals surface area contributed by atoms with Gasteiger partial charge in [0.05, 0.1) is 6.54 Å². The molecule has 19 heavy (non-hydrogen) atoms. The molecule has 3 heterocycles. The summed E-state index contributed by atoms with van der Waals surface area (Å²) < 4.78 is 5.15. The van der Waals surface area contributed by atoms with Gasteiger partial charge < -0.3 is 14.8 Å². The van der Waals surface area contributed by atoms with Crippen LogP contribution in [0.3, 0.4) is 0 Å². The van der Waals surface area contributed by atoms with Crippen LogP contribution >= 0.6 is 0 Å². The minimum Gasteiger partial charge on any atom is -0.367 e. The monoisotopic (exact) mass is 261 g/mol. The Hall–Kier alpha value is -1.99. The van der Waals surface area contributed by atoms with Gasteiger partial charge in [-0.2, -0.15) is 4.98 Å². The van der Waals surface area contributed by atoms with Crippen molar-refractivity contribution in [2.75, 3.05) is 26.2 Å². The van der Waals surface area contributed by atoms with E-state index < -0.39 is 0 Å². The number of pyridine rings is 1. The first-order valence-corrected chi connectivity index (χ1v) is 6.26. The molecular weight excluding hydrogens is 246 g/mol. The van der Waals surface area contributed by atoms with E-state index in [4.69, 9.17) is 4.52 Å². The molecule has 3 rings (SSSR count). The Morgan fingerprint density at radius 2 is 2.21 bits per heavy atom. The predicted molar refractivity (Wildman–Crippen MR) is 68.5 cm³/mol. The highest BCUT2D eigenvalue weighted by atomic mass is 16.5. The van der Waals surface area contributed by atoms with Crippen LogP contribution in [0.1, 0.15) is 5.82 Å². The Bertz CT molecular complexity index is 600. The summed E-state index contributed by atoms with van der Waals surface area (Å²) in [5.74, 6) is 0.882. The van der Waals surface area contributed by atoms with Crippen molar-refractivity contribution in [1.82, 2.24) is 25.3 Å². The van der Waals surface area contributed by atoms with E-state index in [2.05, 4.69) is 25.3 Å². The first kappa shape index (κ1) is 12.1. The fraction of sp³-hybridized carbons (Fsp3) is 0.417. The number of hydrogen-bond acceptors (Lipinski definition) is 6. The lowest BCUT2D eigenvalue weighted by atomic mass is 10.3. The average Bonchev–Trinajstić information content (AvgIpc) is 2.89. The molecule has 0 bridgehead atoms. The van der Waals surface area contributed by atoms with E-state index in [1.165, 1.54) is 6.07 Å². The minimum atomic E-state index is -0.129. The second kappa shape index (κ2) is 5.33. The third-order valence-electron chi connectivity index (χ3n) is 3.10. The number of nitrogens with one attached hydrogen (secondary N) is 2. The van der Waals surface area contributed by atoms with E-state index in [0.29, 0.717) is 17.9 Å². The molecule has 0 aromatic carbocycles. The highest BCUT2D eigenvalue weighted by Crippen LogP contribution is 2.12. The molecule has 1 fully saturated rings. The molecule has 2 N–H and O–H groups in total. The number of aromatic nitrogens is 3. The summed E-state index contributed by atoms with van der Waals surface area (Å²) in [6.45, 7) is 4.54. The smallest absolute Gasteiger partial charge is 0.263 e. The van der Waals surface area contributed by atoms with Crippen molar-refractivity contribution >= 4 is 0 Å². The zero-order chi connectivity index (χ0) is 13.1. The van der Waals surface area contributed by atoms with Crippen LogP contribution < -0.4 is 10.7 Å². The number of rotatable bonds is 3. The molecule has 0 unspecified atom stereocenters. The lowest BCUT2D eigenvalue weighted by Gasteiger charge is -2.25. The number of hydrogen-bond donors (Lipinski definition) is 2. The maximum Gasteiger partial charge on any atom is 0.263 e. The molecule has 0 aliphatic carbocycles. The number of piperazine rings is 1. The fourth-order valence-corrected chi connectivity index (χ4v) is 2.08. The lowest BCUT2D eigenvalue weighted by molar-refractivity contribution is 0.225. The van der Waals surface area contributed by atoms with Crippen LogP contribution in [0.4, 0.5) is 0 Å². The molecule has 1 saturated heterocycles. The Morgan fingerprint density at radius 1 is 1.37 bits per heavy atom. The standard InChI is InChI=1S/C12H15N5O2/c18-10-1-2-14-7-9(10)12-15-11(16-19-12)8-17-5-3-13-4-6-17/h1-2,7,13H,3-6,8H2,(H,14,18). The quantitative estimate of drug-likeness (QED) is 0.797. The maximum atomic E-state index is 11.7. The summed E-state index contributed by atoms with van der Waals surface area (Å²) in [4.78, 5) is 21.0. The number of aromatic amines is 1. The van der Waals surface area contributed by atoms with Gasteiger partial charge in [-0.15, -0.1) is 0 Å². The zero-order valence-electron chi connectivity index (χ0n) is 10.4. The minimum absolute atomic E-state index is 0.129. The molecule has 0 spiro atoms. The molecule has 2 aromatic rings. The average molecular weight is 261 g/mol. The third-order valence-corrected chi connectivity index (χ3v) is 3.10. The Kier molecular flexibility index (Phi) is 3.39. The summed E-state index contributed by atoms with van der Waals surface area (Å²) in [6, 6.07) is 1.44. The molecule has 1 aliphatic rings. The largest absolute Gasteiger partial charge is 0.367 e. The van der Waals surface area contributed by atoms with Crippen LogP contribution in [-0.4, -0.2) is 46.2 Å². The van der Waals surface area contributed by atoms with Crippen molar-refractivity contribution < 1.29 is 4.52 Å². The molecule has 7 nitrogen and oxygen atoms in total. The Labute approximate surface area is 109 Å². The molecular formula is C12H15N5O2. The van der Waals surface area contributed by atoms with Crippen molar-refractivity contribution in [1.29, 1.82) is 0 Å². The normalized spacial score (nSPS) is 16.6. The van der Waals surface area contributed by atoms with Gasteiger partial charge in [0, 0.05) is 44.6 Å². The summed E-state index contributed by atoms with van der Waals surface area (Å²) in [7, 11) is 0. The molecule has 1 aliphatic heterocycles. The van der Waals surface area contributed by atoms with Gasteiger partial charge in [0.25, 0.3) is 5.89 Å². The van der Waals surface area contributed by atoms with E-state index in [1.54, 1.807) is 12.4 Å². The van der Waals surface area contributed by atoms with E-state index in [0.717, 1.165) is 26.2 Å². The fourth-order valence-electron chi connectivity index (χ4n) is 2.08. The molecule has 0 amide bonds. The first-order valence-electron chi connectivity index (χ1n) is 6.26. The second-order valence-electron chi connectivity index (χ2n) is 4.46. The van der Waals surface area contributed by atoms with Gasteiger partial charge >= 0.3 is 0 Å². The van der Waals surface area contributed by atoms with Crippen LogP contribution in [0, 0.1) is 0 Å². The molecule has 0 radical (unpaired) electrons. The van der Waals surface area contributed by atoms with E-state index in [9.17, 15) is 4.79 Å². The summed E-state index contributed by atoms with van der Waals surface area (Å²) >= 11 is 0. The number of nitrogens with zero attached hydrogens (tertiary/aromatic N) is 3. The van der Waals surface area contributed by atoms with Crippen LogP contribution in [0.15, 0.2) is 27.8 Å². The molecule has 0 atom stereocenters. The topological polar surface area (TPSA) is 87.0 Å². The van der Waals surface area contributed by atoms with Gasteiger partial charge in [-0.1, -0.05) is 5.16 Å². The molecule has 0 saturated carbocycles. The van der Waals surface area contributed by atoms with Gasteiger partial charge in [0.15, 0.2) is 11.3 Å². The van der Waals surface area contributed by atoms with Crippen molar-refractivity contribution in [2.45, 2.75) is 6.54 Å². The predicted octanol–water partition coefficient (Wildman–Crippen LogP) is -0.170. The van der Waals surface area contributed by atoms with Gasteiger partial charge in [-0.05, 0) is 0 Å². The van der Waals surface area contributed by atoms with Crippen LogP contribution in [0.2, 0.25) is 0 Å². The van der Waals surface area contributed by atoms with Crippen molar-refractivity contribution in [2.24, 2.45) is 0 Å². The van der Waals surface area contributed by atoms with E-state index in [1.807, 2.05) is 0 Å². The van der Waals surface area contributed by atoms with Crippen LogP contribution in [0.5, 0.6) is 0 Å². The number of H-pyrrole nitrogens is 1. The van der Waals surface area contributed by atoms with E-state index >= 15 is 0 Å². The summed E-state index contributed by atoms with van der Waals surface area (Å²) in [5.41, 5.74) is 0.276.